The van der Waals surface area contributed by atoms with Gasteiger partial charge >= 0.3 is 5.97 Å². The lowest BCUT2D eigenvalue weighted by molar-refractivity contribution is -0.132. The summed E-state index contributed by atoms with van der Waals surface area (Å²) < 4.78 is 0. The summed E-state index contributed by atoms with van der Waals surface area (Å²) in [6.07, 6.45) is 1.56. The van der Waals surface area contributed by atoms with Crippen LogP contribution in [-0.4, -0.2) is 34.5 Å². The molecule has 3 N–H and O–H groups in total. The van der Waals surface area contributed by atoms with Crippen LogP contribution in [-0.2, 0) is 4.79 Å². The molecule has 4 heteroatoms. The van der Waals surface area contributed by atoms with Crippen LogP contribution in [0.15, 0.2) is 11.6 Å². The van der Waals surface area contributed by atoms with E-state index in [1.165, 1.54) is 0 Å². The zero-order valence-electron chi connectivity index (χ0n) is 9.24. The molecule has 0 atom stereocenters. The first kappa shape index (κ1) is 15.6. The fraction of sp³-hybridized carbons (Fsp3) is 0.700. The van der Waals surface area contributed by atoms with Gasteiger partial charge in [0.05, 0.1) is 13.2 Å². The lowest BCUT2D eigenvalue weighted by Gasteiger charge is -2.16. The van der Waals surface area contributed by atoms with Crippen molar-refractivity contribution >= 4 is 5.97 Å². The summed E-state index contributed by atoms with van der Waals surface area (Å²) in [5.41, 5.74) is 0.0833. The van der Waals surface area contributed by atoms with Gasteiger partial charge in [0.25, 0.3) is 0 Å². The monoisotopic (exact) mass is 204 g/mol. The molecule has 0 unspecified atom stereocenters. The van der Waals surface area contributed by atoms with Gasteiger partial charge in [-0.25, -0.2) is 4.79 Å². The molecule has 0 spiro atoms. The van der Waals surface area contributed by atoms with Crippen molar-refractivity contribution in [2.75, 3.05) is 13.2 Å². The lowest BCUT2D eigenvalue weighted by Crippen LogP contribution is -2.20. The number of aliphatic hydroxyl groups excluding tert-OH is 2. The molecule has 0 aromatic carbocycles. The van der Waals surface area contributed by atoms with Crippen molar-refractivity contribution in [2.24, 2.45) is 5.41 Å². The number of carboxylic acids is 1. The quantitative estimate of drug-likeness (QED) is 0.600. The summed E-state index contributed by atoms with van der Waals surface area (Å²) in [4.78, 5) is 9.86. The normalized spacial score (nSPS) is 11.7. The third-order valence-electron chi connectivity index (χ3n) is 1.63. The van der Waals surface area contributed by atoms with E-state index in [4.69, 9.17) is 15.3 Å². The Bertz CT molecular complexity index is 188. The number of rotatable bonds is 3. The Labute approximate surface area is 84.9 Å². The van der Waals surface area contributed by atoms with Gasteiger partial charge in [0.1, 0.15) is 0 Å². The molecule has 0 aromatic rings. The molecule has 0 fully saturated rings. The van der Waals surface area contributed by atoms with E-state index in [0.717, 1.165) is 0 Å². The number of aliphatic hydroxyl groups is 2. The molecule has 0 aliphatic rings. The standard InChI is InChI=1S/C5H12O2.C5H8O2/c1-5(2,3-6)4-7;1-3-4(2)5(6)7/h6-7H,3-4H2,1-2H3;3H,1-2H3,(H,6,7). The molecule has 14 heavy (non-hydrogen) atoms. The Balaban J connectivity index is 0. The topological polar surface area (TPSA) is 77.8 Å². The molecule has 0 saturated carbocycles. The van der Waals surface area contributed by atoms with Gasteiger partial charge in [0.15, 0.2) is 0 Å². The van der Waals surface area contributed by atoms with Gasteiger partial charge in [-0.05, 0) is 13.8 Å². The zero-order valence-corrected chi connectivity index (χ0v) is 9.24. The van der Waals surface area contributed by atoms with Crippen LogP contribution < -0.4 is 0 Å². The Morgan fingerprint density at radius 1 is 1.29 bits per heavy atom. The number of aliphatic carboxylic acids is 1. The summed E-state index contributed by atoms with van der Waals surface area (Å²) in [6, 6.07) is 0. The maximum atomic E-state index is 9.86. The van der Waals surface area contributed by atoms with Gasteiger partial charge in [0.2, 0.25) is 0 Å². The van der Waals surface area contributed by atoms with E-state index in [2.05, 4.69) is 0 Å². The fourth-order valence-corrected chi connectivity index (χ4v) is 0.173. The largest absolute Gasteiger partial charge is 0.478 e. The SMILES string of the molecule is CC(C)(CO)CO.CC=C(C)C(=O)O. The fourth-order valence-electron chi connectivity index (χ4n) is 0.173. The van der Waals surface area contributed by atoms with E-state index in [9.17, 15) is 4.79 Å². The van der Waals surface area contributed by atoms with Gasteiger partial charge in [0, 0.05) is 11.0 Å². The zero-order chi connectivity index (χ0) is 11.8. The second-order valence-corrected chi connectivity index (χ2v) is 3.76. The Morgan fingerprint density at radius 3 is 1.64 bits per heavy atom. The first-order chi connectivity index (χ1) is 6.30. The molecule has 0 aliphatic heterocycles. The molecule has 0 aliphatic carbocycles. The van der Waals surface area contributed by atoms with Crippen LogP contribution in [0.5, 0.6) is 0 Å². The third-order valence-corrected chi connectivity index (χ3v) is 1.63. The molecule has 0 aromatic heterocycles. The molecule has 0 radical (unpaired) electrons. The second-order valence-electron chi connectivity index (χ2n) is 3.76. The Morgan fingerprint density at radius 2 is 1.64 bits per heavy atom. The highest BCUT2D eigenvalue weighted by Crippen LogP contribution is 2.10. The Hall–Kier alpha value is -0.870. The number of hydrogen-bond acceptors (Lipinski definition) is 3. The van der Waals surface area contributed by atoms with Crippen LogP contribution in [0.4, 0.5) is 0 Å². The minimum Gasteiger partial charge on any atom is -0.478 e. The smallest absolute Gasteiger partial charge is 0.330 e. The summed E-state index contributed by atoms with van der Waals surface area (Å²) >= 11 is 0. The number of allylic oxidation sites excluding steroid dienone is 1. The van der Waals surface area contributed by atoms with E-state index in [0.29, 0.717) is 5.57 Å². The van der Waals surface area contributed by atoms with Crippen molar-refractivity contribution in [1.29, 1.82) is 0 Å². The van der Waals surface area contributed by atoms with Crippen molar-refractivity contribution in [3.8, 4) is 0 Å². The lowest BCUT2D eigenvalue weighted by atomic mass is 9.97. The van der Waals surface area contributed by atoms with E-state index in [1.54, 1.807) is 33.8 Å². The van der Waals surface area contributed by atoms with Crippen LogP contribution in [0.1, 0.15) is 27.7 Å². The molecule has 0 rings (SSSR count). The number of carbonyl (C=O) groups is 1. The predicted molar refractivity (Wildman–Crippen MR) is 55.0 cm³/mol. The van der Waals surface area contributed by atoms with Gasteiger partial charge in [-0.1, -0.05) is 19.9 Å². The van der Waals surface area contributed by atoms with Crippen LogP contribution in [0.3, 0.4) is 0 Å². The number of carboxylic acid groups (broad SMARTS) is 1. The average Bonchev–Trinajstić information content (AvgIpc) is 2.17. The summed E-state index contributed by atoms with van der Waals surface area (Å²) in [6.45, 7) is 6.94. The molecule has 4 nitrogen and oxygen atoms in total. The summed E-state index contributed by atoms with van der Waals surface area (Å²) in [7, 11) is 0. The van der Waals surface area contributed by atoms with Crippen LogP contribution in [0, 0.1) is 5.41 Å². The second kappa shape index (κ2) is 7.53. The van der Waals surface area contributed by atoms with Crippen LogP contribution in [0.2, 0.25) is 0 Å². The van der Waals surface area contributed by atoms with Gasteiger partial charge in [-0.2, -0.15) is 0 Å². The van der Waals surface area contributed by atoms with Gasteiger partial charge in [-0.15, -0.1) is 0 Å². The first-order valence-electron chi connectivity index (χ1n) is 4.38. The average molecular weight is 204 g/mol. The van der Waals surface area contributed by atoms with E-state index in [-0.39, 0.29) is 18.6 Å². The highest BCUT2D eigenvalue weighted by Gasteiger charge is 2.13. The van der Waals surface area contributed by atoms with Crippen LogP contribution in [0.25, 0.3) is 0 Å². The molecule has 0 amide bonds. The molecule has 84 valence electrons. The van der Waals surface area contributed by atoms with Crippen molar-refractivity contribution in [1.82, 2.24) is 0 Å². The van der Waals surface area contributed by atoms with Crippen molar-refractivity contribution in [2.45, 2.75) is 27.7 Å². The molecular weight excluding hydrogens is 184 g/mol. The third kappa shape index (κ3) is 9.22. The van der Waals surface area contributed by atoms with E-state index >= 15 is 0 Å². The summed E-state index contributed by atoms with van der Waals surface area (Å²) in [5.74, 6) is -0.845. The minimum atomic E-state index is -0.845. The Kier molecular flexibility index (Phi) is 8.38. The summed E-state index contributed by atoms with van der Waals surface area (Å²) in [5, 5.41) is 25.0. The van der Waals surface area contributed by atoms with E-state index in [1.807, 2.05) is 0 Å². The molecule has 0 heterocycles. The first-order valence-corrected chi connectivity index (χ1v) is 4.38. The van der Waals surface area contributed by atoms with Crippen LogP contribution >= 0.6 is 0 Å². The van der Waals surface area contributed by atoms with Gasteiger partial charge < -0.3 is 15.3 Å². The van der Waals surface area contributed by atoms with Crippen molar-refractivity contribution in [3.63, 3.8) is 0 Å². The highest BCUT2D eigenvalue weighted by molar-refractivity contribution is 5.85. The molecule has 0 saturated heterocycles. The molecule has 0 bridgehead atoms. The highest BCUT2D eigenvalue weighted by atomic mass is 16.4. The maximum Gasteiger partial charge on any atom is 0.330 e. The maximum absolute atomic E-state index is 9.86. The minimum absolute atomic E-state index is 0.0451. The molecular formula is C10H20O4. The van der Waals surface area contributed by atoms with Crippen molar-refractivity contribution in [3.05, 3.63) is 11.6 Å². The number of hydrogen-bond donors (Lipinski definition) is 3. The predicted octanol–water partition coefficient (Wildman–Crippen LogP) is 1.03. The van der Waals surface area contributed by atoms with E-state index < -0.39 is 5.97 Å². The van der Waals surface area contributed by atoms with Gasteiger partial charge in [-0.3, -0.25) is 0 Å². The van der Waals surface area contributed by atoms with Crippen molar-refractivity contribution < 1.29 is 20.1 Å².